The molecule has 20 heavy (non-hydrogen) atoms. The van der Waals surface area contributed by atoms with Gasteiger partial charge in [-0.25, -0.2) is 13.1 Å². The Morgan fingerprint density at radius 1 is 1.30 bits per heavy atom. The van der Waals surface area contributed by atoms with Gasteiger partial charge in [-0.15, -0.1) is 11.3 Å². The molecule has 2 aromatic rings. The van der Waals surface area contributed by atoms with Crippen molar-refractivity contribution in [2.24, 2.45) is 0 Å². The van der Waals surface area contributed by atoms with Gasteiger partial charge in [0.1, 0.15) is 4.21 Å². The lowest BCUT2D eigenvalue weighted by atomic mass is 10.1. The van der Waals surface area contributed by atoms with Gasteiger partial charge in [-0.1, -0.05) is 30.3 Å². The molecule has 0 amide bonds. The second-order valence-electron chi connectivity index (χ2n) is 4.58. The van der Waals surface area contributed by atoms with Gasteiger partial charge in [-0.05, 0) is 31.0 Å². The van der Waals surface area contributed by atoms with E-state index in [2.05, 4.69) is 4.72 Å². The van der Waals surface area contributed by atoms with Crippen molar-refractivity contribution < 1.29 is 13.5 Å². The topological polar surface area (TPSA) is 66.4 Å². The highest BCUT2D eigenvalue weighted by Gasteiger charge is 2.21. The van der Waals surface area contributed by atoms with Crippen molar-refractivity contribution in [1.82, 2.24) is 4.72 Å². The Morgan fingerprint density at radius 2 is 1.95 bits per heavy atom. The van der Waals surface area contributed by atoms with Gasteiger partial charge in [-0.3, -0.25) is 0 Å². The molecule has 4 nitrogen and oxygen atoms in total. The molecule has 1 heterocycles. The summed E-state index contributed by atoms with van der Waals surface area (Å²) in [5, 5.41) is 9.15. The second kappa shape index (κ2) is 6.05. The number of nitrogens with one attached hydrogen (secondary N) is 1. The molecule has 0 fully saturated rings. The van der Waals surface area contributed by atoms with Gasteiger partial charge in [0.25, 0.3) is 10.0 Å². The summed E-state index contributed by atoms with van der Waals surface area (Å²) >= 11 is 1.10. The summed E-state index contributed by atoms with van der Waals surface area (Å²) in [6, 6.07) is 10.7. The highest BCUT2D eigenvalue weighted by Crippen LogP contribution is 2.27. The minimum atomic E-state index is -3.56. The van der Waals surface area contributed by atoms with E-state index in [9.17, 15) is 8.42 Å². The predicted octanol–water partition coefficient (Wildman–Crippen LogP) is 2.59. The van der Waals surface area contributed by atoms with Gasteiger partial charge in [0.15, 0.2) is 0 Å². The lowest BCUT2D eigenvalue weighted by Crippen LogP contribution is -2.26. The van der Waals surface area contributed by atoms with Crippen LogP contribution in [0.4, 0.5) is 0 Å². The summed E-state index contributed by atoms with van der Waals surface area (Å²) in [5.41, 5.74) is 1.71. The number of rotatable bonds is 5. The first-order valence-corrected chi connectivity index (χ1v) is 8.51. The van der Waals surface area contributed by atoms with Gasteiger partial charge >= 0.3 is 0 Å². The maximum atomic E-state index is 12.3. The van der Waals surface area contributed by atoms with Gasteiger partial charge < -0.3 is 5.11 Å². The van der Waals surface area contributed by atoms with E-state index in [0.717, 1.165) is 22.5 Å². The number of aliphatic hydroxyl groups is 1. The Kier molecular flexibility index (Phi) is 4.59. The molecule has 1 aromatic heterocycles. The monoisotopic (exact) mass is 311 g/mol. The zero-order valence-electron chi connectivity index (χ0n) is 11.3. The third-order valence-electron chi connectivity index (χ3n) is 3.04. The Balaban J connectivity index is 2.23. The summed E-state index contributed by atoms with van der Waals surface area (Å²) in [6.45, 7) is 3.46. The largest absolute Gasteiger partial charge is 0.391 e. The molecule has 0 saturated carbocycles. The number of sulfonamides is 1. The maximum Gasteiger partial charge on any atom is 0.250 e. The zero-order chi connectivity index (χ0) is 14.8. The summed E-state index contributed by atoms with van der Waals surface area (Å²) in [7, 11) is -3.56. The standard InChI is InChI=1S/C14H17NO3S2/c1-10-8-14(19-13(10)9-16)20(17,18)15-11(2)12-6-4-3-5-7-12/h3-8,11,15-16H,9H2,1-2H3. The van der Waals surface area contributed by atoms with Crippen LogP contribution in [0.25, 0.3) is 0 Å². The minimum absolute atomic E-state index is 0.139. The van der Waals surface area contributed by atoms with Crippen molar-refractivity contribution in [3.63, 3.8) is 0 Å². The average molecular weight is 311 g/mol. The van der Waals surface area contributed by atoms with Crippen LogP contribution in [0.15, 0.2) is 40.6 Å². The molecule has 2 N–H and O–H groups in total. The molecular weight excluding hydrogens is 294 g/mol. The van der Waals surface area contributed by atoms with Crippen molar-refractivity contribution in [3.8, 4) is 0 Å². The lowest BCUT2D eigenvalue weighted by Gasteiger charge is -2.13. The Bertz CT molecular complexity index is 678. The molecule has 1 unspecified atom stereocenters. The second-order valence-corrected chi connectivity index (χ2v) is 7.66. The molecule has 0 aliphatic heterocycles. The molecular formula is C14H17NO3S2. The van der Waals surface area contributed by atoms with Gasteiger partial charge in [0.2, 0.25) is 0 Å². The van der Waals surface area contributed by atoms with Crippen LogP contribution < -0.4 is 4.72 Å². The molecule has 0 bridgehead atoms. The third-order valence-corrected chi connectivity index (χ3v) is 6.27. The highest BCUT2D eigenvalue weighted by molar-refractivity contribution is 7.91. The molecule has 0 aliphatic carbocycles. The number of hydrogen-bond acceptors (Lipinski definition) is 4. The van der Waals surface area contributed by atoms with Crippen LogP contribution in [-0.4, -0.2) is 13.5 Å². The van der Waals surface area contributed by atoms with E-state index >= 15 is 0 Å². The molecule has 1 aromatic carbocycles. The fourth-order valence-corrected chi connectivity index (χ4v) is 4.58. The van der Waals surface area contributed by atoms with Gasteiger partial charge in [0, 0.05) is 10.9 Å². The fraction of sp³-hybridized carbons (Fsp3) is 0.286. The van der Waals surface area contributed by atoms with Gasteiger partial charge in [0.05, 0.1) is 6.61 Å². The van der Waals surface area contributed by atoms with E-state index < -0.39 is 10.0 Å². The minimum Gasteiger partial charge on any atom is -0.391 e. The van der Waals surface area contributed by atoms with Crippen LogP contribution >= 0.6 is 11.3 Å². The van der Waals surface area contributed by atoms with E-state index in [1.54, 1.807) is 19.9 Å². The molecule has 2 rings (SSSR count). The van der Waals surface area contributed by atoms with Crippen LogP contribution in [0.5, 0.6) is 0 Å². The first kappa shape index (κ1) is 15.2. The first-order chi connectivity index (χ1) is 9.44. The van der Waals surface area contributed by atoms with Crippen LogP contribution in [-0.2, 0) is 16.6 Å². The molecule has 108 valence electrons. The molecule has 0 radical (unpaired) electrons. The predicted molar refractivity (Wildman–Crippen MR) is 80.2 cm³/mol. The maximum absolute atomic E-state index is 12.3. The van der Waals surface area contributed by atoms with Crippen LogP contribution in [0.3, 0.4) is 0 Å². The van der Waals surface area contributed by atoms with Crippen molar-refractivity contribution >= 4 is 21.4 Å². The van der Waals surface area contributed by atoms with Crippen molar-refractivity contribution in [1.29, 1.82) is 0 Å². The highest BCUT2D eigenvalue weighted by atomic mass is 32.2. The van der Waals surface area contributed by atoms with Crippen LogP contribution in [0, 0.1) is 6.92 Å². The van der Waals surface area contributed by atoms with Crippen molar-refractivity contribution in [3.05, 3.63) is 52.4 Å². The number of benzene rings is 1. The van der Waals surface area contributed by atoms with E-state index in [0.29, 0.717) is 4.88 Å². The van der Waals surface area contributed by atoms with E-state index in [1.807, 2.05) is 30.3 Å². The van der Waals surface area contributed by atoms with Crippen molar-refractivity contribution in [2.75, 3.05) is 0 Å². The summed E-state index contributed by atoms with van der Waals surface area (Å²) in [4.78, 5) is 0.678. The van der Waals surface area contributed by atoms with E-state index in [-0.39, 0.29) is 16.9 Å². The molecule has 6 heteroatoms. The molecule has 0 saturated heterocycles. The fourth-order valence-electron chi connectivity index (χ4n) is 1.88. The Hall–Kier alpha value is -1.21. The summed E-state index contributed by atoms with van der Waals surface area (Å²) < 4.78 is 27.5. The smallest absolute Gasteiger partial charge is 0.250 e. The Labute approximate surface area is 123 Å². The normalized spacial score (nSPS) is 13.3. The SMILES string of the molecule is Cc1cc(S(=O)(=O)NC(C)c2ccccc2)sc1CO. The lowest BCUT2D eigenvalue weighted by molar-refractivity contribution is 0.285. The van der Waals surface area contributed by atoms with Crippen LogP contribution in [0.2, 0.25) is 0 Å². The molecule has 0 spiro atoms. The number of thiophene rings is 1. The van der Waals surface area contributed by atoms with Crippen molar-refractivity contribution in [2.45, 2.75) is 30.7 Å². The van der Waals surface area contributed by atoms with E-state index in [1.165, 1.54) is 0 Å². The average Bonchev–Trinajstić information content (AvgIpc) is 2.81. The summed E-state index contributed by atoms with van der Waals surface area (Å²) in [6.07, 6.45) is 0. The number of aliphatic hydroxyl groups excluding tert-OH is 1. The summed E-state index contributed by atoms with van der Waals surface area (Å²) in [5.74, 6) is 0. The molecule has 0 aliphatic rings. The number of hydrogen-bond donors (Lipinski definition) is 2. The Morgan fingerprint density at radius 3 is 2.50 bits per heavy atom. The quantitative estimate of drug-likeness (QED) is 0.892. The third kappa shape index (κ3) is 3.27. The van der Waals surface area contributed by atoms with Gasteiger partial charge in [-0.2, -0.15) is 0 Å². The van der Waals surface area contributed by atoms with Crippen LogP contribution in [0.1, 0.15) is 29.0 Å². The zero-order valence-corrected chi connectivity index (χ0v) is 13.0. The number of aryl methyl sites for hydroxylation is 1. The molecule has 1 atom stereocenters. The van der Waals surface area contributed by atoms with E-state index in [4.69, 9.17) is 5.11 Å². The first-order valence-electron chi connectivity index (χ1n) is 6.21.